The lowest BCUT2D eigenvalue weighted by Gasteiger charge is -2.07. The first-order valence-corrected chi connectivity index (χ1v) is 9.42. The quantitative estimate of drug-likeness (QED) is 0.752. The van der Waals surface area contributed by atoms with E-state index < -0.39 is 15.7 Å². The third-order valence-corrected chi connectivity index (χ3v) is 5.69. The zero-order valence-corrected chi connectivity index (χ0v) is 14.5. The predicted octanol–water partition coefficient (Wildman–Crippen LogP) is 1.55. The SMILES string of the molecule is O=C(CCS(=O)(=O)c1ccc(Cl)c(Cl)c1)NCC(=O)NC1CC1. The molecule has 9 heteroatoms. The van der Waals surface area contributed by atoms with Gasteiger partial charge in [0.05, 0.1) is 27.2 Å². The molecule has 1 saturated carbocycles. The molecule has 0 atom stereocenters. The number of benzene rings is 1. The van der Waals surface area contributed by atoms with Gasteiger partial charge in [-0.2, -0.15) is 0 Å². The highest BCUT2D eigenvalue weighted by Crippen LogP contribution is 2.25. The van der Waals surface area contributed by atoms with Crippen LogP contribution in [-0.2, 0) is 19.4 Å². The van der Waals surface area contributed by atoms with E-state index in [4.69, 9.17) is 23.2 Å². The summed E-state index contributed by atoms with van der Waals surface area (Å²) in [6, 6.07) is 4.19. The molecule has 2 N–H and O–H groups in total. The average Bonchev–Trinajstić information content (AvgIpc) is 3.29. The fraction of sp³-hybridized carbons (Fsp3) is 0.429. The van der Waals surface area contributed by atoms with Crippen molar-refractivity contribution in [3.63, 3.8) is 0 Å². The summed E-state index contributed by atoms with van der Waals surface area (Å²) < 4.78 is 24.3. The highest BCUT2D eigenvalue weighted by Gasteiger charge is 2.23. The summed E-state index contributed by atoms with van der Waals surface area (Å²) in [6.45, 7) is -0.151. The molecule has 0 bridgehead atoms. The summed E-state index contributed by atoms with van der Waals surface area (Å²) in [5, 5.41) is 5.51. The Morgan fingerprint density at radius 2 is 1.83 bits per heavy atom. The van der Waals surface area contributed by atoms with E-state index in [2.05, 4.69) is 10.6 Å². The first kappa shape index (κ1) is 18.0. The zero-order valence-electron chi connectivity index (χ0n) is 12.1. The molecule has 1 aromatic carbocycles. The molecule has 0 aliphatic heterocycles. The Bertz CT molecular complexity index is 717. The van der Waals surface area contributed by atoms with Crippen molar-refractivity contribution in [3.8, 4) is 0 Å². The Hall–Kier alpha value is -1.31. The number of carbonyl (C=O) groups is 2. The van der Waals surface area contributed by atoms with Gasteiger partial charge in [0.15, 0.2) is 9.84 Å². The van der Waals surface area contributed by atoms with Gasteiger partial charge in [-0.05, 0) is 31.0 Å². The Labute approximate surface area is 144 Å². The van der Waals surface area contributed by atoms with Crippen molar-refractivity contribution in [2.24, 2.45) is 0 Å². The van der Waals surface area contributed by atoms with Crippen LogP contribution < -0.4 is 10.6 Å². The van der Waals surface area contributed by atoms with Crippen LogP contribution in [0.5, 0.6) is 0 Å². The Balaban J connectivity index is 1.81. The fourth-order valence-corrected chi connectivity index (χ4v) is 3.41. The standard InChI is InChI=1S/C14H16Cl2N2O4S/c15-11-4-3-10(7-12(11)16)23(21,22)6-5-13(19)17-8-14(20)18-9-1-2-9/h3-4,7,9H,1-2,5-6,8H2,(H,17,19)(H,18,20). The molecule has 1 aliphatic rings. The monoisotopic (exact) mass is 378 g/mol. The summed E-state index contributed by atoms with van der Waals surface area (Å²) in [6.07, 6.45) is 1.68. The van der Waals surface area contributed by atoms with Crippen LogP contribution in [0.15, 0.2) is 23.1 Å². The van der Waals surface area contributed by atoms with Crippen LogP contribution in [0.4, 0.5) is 0 Å². The van der Waals surface area contributed by atoms with Gasteiger partial charge in [0.2, 0.25) is 11.8 Å². The highest BCUT2D eigenvalue weighted by atomic mass is 35.5. The Kier molecular flexibility index (Phi) is 5.89. The summed E-state index contributed by atoms with van der Waals surface area (Å²) >= 11 is 11.5. The number of rotatable bonds is 7. The van der Waals surface area contributed by atoms with Crippen molar-refractivity contribution in [1.82, 2.24) is 10.6 Å². The number of amides is 2. The first-order valence-electron chi connectivity index (χ1n) is 7.02. The van der Waals surface area contributed by atoms with E-state index in [1.807, 2.05) is 0 Å². The minimum Gasteiger partial charge on any atom is -0.352 e. The number of hydrogen-bond acceptors (Lipinski definition) is 4. The van der Waals surface area contributed by atoms with Crippen molar-refractivity contribution in [2.75, 3.05) is 12.3 Å². The second-order valence-electron chi connectivity index (χ2n) is 5.26. The molecule has 0 spiro atoms. The molecule has 6 nitrogen and oxygen atoms in total. The van der Waals surface area contributed by atoms with Crippen LogP contribution in [0.25, 0.3) is 0 Å². The van der Waals surface area contributed by atoms with Crippen LogP contribution >= 0.6 is 23.2 Å². The largest absolute Gasteiger partial charge is 0.352 e. The summed E-state index contributed by atoms with van der Waals surface area (Å²) in [4.78, 5) is 23.1. The van der Waals surface area contributed by atoms with Gasteiger partial charge in [-0.1, -0.05) is 23.2 Å². The third-order valence-electron chi connectivity index (χ3n) is 3.24. The topological polar surface area (TPSA) is 92.3 Å². The number of halogens is 2. The maximum absolute atomic E-state index is 12.1. The molecule has 126 valence electrons. The minimum atomic E-state index is -3.65. The number of carbonyl (C=O) groups excluding carboxylic acids is 2. The minimum absolute atomic E-state index is 0.00572. The van der Waals surface area contributed by atoms with Crippen molar-refractivity contribution >= 4 is 44.9 Å². The molecular weight excluding hydrogens is 363 g/mol. The third kappa shape index (κ3) is 5.67. The van der Waals surface area contributed by atoms with Crippen molar-refractivity contribution < 1.29 is 18.0 Å². The zero-order chi connectivity index (χ0) is 17.0. The predicted molar refractivity (Wildman–Crippen MR) is 87.3 cm³/mol. The van der Waals surface area contributed by atoms with Crippen LogP contribution in [-0.4, -0.2) is 38.6 Å². The molecule has 0 heterocycles. The average molecular weight is 379 g/mol. The van der Waals surface area contributed by atoms with Crippen LogP contribution in [0.3, 0.4) is 0 Å². The van der Waals surface area contributed by atoms with E-state index in [9.17, 15) is 18.0 Å². The molecule has 0 saturated heterocycles. The van der Waals surface area contributed by atoms with Crippen molar-refractivity contribution in [3.05, 3.63) is 28.2 Å². The maximum atomic E-state index is 12.1. The van der Waals surface area contributed by atoms with E-state index in [1.54, 1.807) is 0 Å². The van der Waals surface area contributed by atoms with Gasteiger partial charge in [0, 0.05) is 12.5 Å². The van der Waals surface area contributed by atoms with Crippen LogP contribution in [0.1, 0.15) is 19.3 Å². The lowest BCUT2D eigenvalue weighted by Crippen LogP contribution is -2.38. The molecule has 0 aromatic heterocycles. The normalized spacial score (nSPS) is 14.3. The molecule has 1 aromatic rings. The van der Waals surface area contributed by atoms with E-state index in [1.165, 1.54) is 18.2 Å². The molecule has 1 aliphatic carbocycles. The van der Waals surface area contributed by atoms with Crippen molar-refractivity contribution in [1.29, 1.82) is 0 Å². The van der Waals surface area contributed by atoms with E-state index in [0.29, 0.717) is 0 Å². The summed E-state index contributed by atoms with van der Waals surface area (Å²) in [5.74, 6) is -1.14. The molecule has 0 unspecified atom stereocenters. The molecule has 0 radical (unpaired) electrons. The van der Waals surface area contributed by atoms with E-state index >= 15 is 0 Å². The maximum Gasteiger partial charge on any atom is 0.239 e. The molecular formula is C14H16Cl2N2O4S. The van der Waals surface area contributed by atoms with E-state index in [-0.39, 0.29) is 45.6 Å². The summed E-state index contributed by atoms with van der Waals surface area (Å²) in [7, 11) is -3.65. The summed E-state index contributed by atoms with van der Waals surface area (Å²) in [5.41, 5.74) is 0. The molecule has 23 heavy (non-hydrogen) atoms. The smallest absolute Gasteiger partial charge is 0.239 e. The molecule has 1 fully saturated rings. The lowest BCUT2D eigenvalue weighted by atomic mass is 10.4. The second-order valence-corrected chi connectivity index (χ2v) is 8.19. The fourth-order valence-electron chi connectivity index (χ4n) is 1.79. The Morgan fingerprint density at radius 3 is 2.43 bits per heavy atom. The van der Waals surface area contributed by atoms with Gasteiger partial charge < -0.3 is 10.6 Å². The first-order chi connectivity index (χ1) is 10.8. The molecule has 2 amide bonds. The number of sulfone groups is 1. The van der Waals surface area contributed by atoms with Crippen LogP contribution in [0.2, 0.25) is 10.0 Å². The van der Waals surface area contributed by atoms with Gasteiger partial charge in [0.25, 0.3) is 0 Å². The van der Waals surface area contributed by atoms with Gasteiger partial charge in [0.1, 0.15) is 0 Å². The van der Waals surface area contributed by atoms with Gasteiger partial charge in [-0.25, -0.2) is 8.42 Å². The highest BCUT2D eigenvalue weighted by molar-refractivity contribution is 7.91. The molecule has 2 rings (SSSR count). The van der Waals surface area contributed by atoms with Gasteiger partial charge >= 0.3 is 0 Å². The lowest BCUT2D eigenvalue weighted by molar-refractivity contribution is -0.125. The number of hydrogen-bond donors (Lipinski definition) is 2. The van der Waals surface area contributed by atoms with Crippen molar-refractivity contribution in [2.45, 2.75) is 30.2 Å². The second kappa shape index (κ2) is 7.51. The van der Waals surface area contributed by atoms with Crippen LogP contribution in [0, 0.1) is 0 Å². The van der Waals surface area contributed by atoms with Gasteiger partial charge in [-0.15, -0.1) is 0 Å². The van der Waals surface area contributed by atoms with E-state index in [0.717, 1.165) is 12.8 Å². The van der Waals surface area contributed by atoms with Gasteiger partial charge in [-0.3, -0.25) is 9.59 Å². The Morgan fingerprint density at radius 1 is 1.13 bits per heavy atom. The number of nitrogens with one attached hydrogen (secondary N) is 2.